The first-order valence-electron chi connectivity index (χ1n) is 3.35. The van der Waals surface area contributed by atoms with Crippen LogP contribution in [-0.2, 0) is 30.6 Å². The Morgan fingerprint density at radius 2 is 0.833 bits per heavy atom. The first kappa shape index (κ1) is 39.5. The van der Waals surface area contributed by atoms with E-state index in [9.17, 15) is 0 Å². The van der Waals surface area contributed by atoms with Crippen LogP contribution < -0.4 is 0 Å². The molecular weight excluding hydrogens is 317 g/mol. The second-order valence-electron chi connectivity index (χ2n) is 0.118. The van der Waals surface area contributed by atoms with Crippen molar-refractivity contribution in [3.63, 3.8) is 0 Å². The molecule has 1 amide bonds. The molecule has 2 nitrogen and oxygen atoms in total. The summed E-state index contributed by atoms with van der Waals surface area (Å²) in [6, 6.07) is 0. The van der Waals surface area contributed by atoms with Gasteiger partial charge in [0.25, 0.3) is 0 Å². The molecular formula is C9H22HfNO-5. The summed E-state index contributed by atoms with van der Waals surface area (Å²) >= 11 is 0. The summed E-state index contributed by atoms with van der Waals surface area (Å²) in [4.78, 5) is 8.47. The third-order valence-corrected chi connectivity index (χ3v) is 0. The summed E-state index contributed by atoms with van der Waals surface area (Å²) in [5.41, 5.74) is 5.53. The predicted octanol–water partition coefficient (Wildman–Crippen LogP) is 3.55. The van der Waals surface area contributed by atoms with Crippen molar-refractivity contribution in [1.82, 2.24) is 0 Å². The van der Waals surface area contributed by atoms with Gasteiger partial charge in [0.15, 0.2) is 0 Å². The Labute approximate surface area is 98.1 Å². The Kier molecular flexibility index (Phi) is 2220. The monoisotopic (exact) mass is 340 g/mol. The fourth-order valence-corrected chi connectivity index (χ4v) is 0. The van der Waals surface area contributed by atoms with E-state index in [1.54, 1.807) is 27.7 Å². The van der Waals surface area contributed by atoms with E-state index in [1.165, 1.54) is 0 Å². The molecule has 0 aromatic carbocycles. The topological polar surface area (TPSA) is 40.9 Å². The maximum Gasteiger partial charge on any atom is 0.0344 e. The van der Waals surface area contributed by atoms with Crippen molar-refractivity contribution in [3.8, 4) is 0 Å². The van der Waals surface area contributed by atoms with Gasteiger partial charge in [-0.1, -0.05) is 0 Å². The van der Waals surface area contributed by atoms with Crippen molar-refractivity contribution in [2.24, 2.45) is 0 Å². The third kappa shape index (κ3) is 7800. The van der Waals surface area contributed by atoms with Crippen molar-refractivity contribution < 1.29 is 30.6 Å². The van der Waals surface area contributed by atoms with Gasteiger partial charge >= 0.3 is 0 Å². The molecule has 78 valence electrons. The Hall–Kier alpha value is 0.340. The summed E-state index contributed by atoms with van der Waals surface area (Å²) in [5, 5.41) is 0. The van der Waals surface area contributed by atoms with Gasteiger partial charge in [0.1, 0.15) is 0 Å². The predicted molar refractivity (Wildman–Crippen MR) is 54.5 cm³/mol. The van der Waals surface area contributed by atoms with Gasteiger partial charge < -0.3 is 38.2 Å². The van der Waals surface area contributed by atoms with Crippen LogP contribution in [0.5, 0.6) is 0 Å². The molecule has 0 unspecified atom stereocenters. The summed E-state index contributed by atoms with van der Waals surface area (Å²) in [6.45, 7) is 20.0. The second kappa shape index (κ2) is 675. The van der Waals surface area contributed by atoms with Crippen LogP contribution in [0.1, 0.15) is 27.7 Å². The molecule has 1 N–H and O–H groups in total. The SMILES string of the molecule is [CH2-]C.[CH2-]C.[CH2-]C.[CH2-]C.[Hf].[NH-]C=O. The van der Waals surface area contributed by atoms with E-state index in [1.807, 2.05) is 0 Å². The number of hydrogen-bond donors (Lipinski definition) is 0. The van der Waals surface area contributed by atoms with Gasteiger partial charge in [-0.2, -0.15) is 27.7 Å². The van der Waals surface area contributed by atoms with Crippen molar-refractivity contribution in [1.29, 1.82) is 0 Å². The largest absolute Gasteiger partial charge is 0.671 e. The summed E-state index contributed by atoms with van der Waals surface area (Å²) in [6.07, 6.45) is 0. The van der Waals surface area contributed by atoms with Gasteiger partial charge in [-0.05, 0) is 0 Å². The third-order valence-electron chi connectivity index (χ3n) is 0. The molecule has 12 heavy (non-hydrogen) atoms. The Balaban J connectivity index is -0.00000000933. The summed E-state index contributed by atoms with van der Waals surface area (Å²) < 4.78 is 0. The van der Waals surface area contributed by atoms with Gasteiger partial charge in [0, 0.05) is 32.3 Å². The van der Waals surface area contributed by atoms with Crippen LogP contribution in [0.2, 0.25) is 0 Å². The van der Waals surface area contributed by atoms with E-state index in [0.29, 0.717) is 0 Å². The smallest absolute Gasteiger partial charge is 0.0344 e. The summed E-state index contributed by atoms with van der Waals surface area (Å²) in [5.74, 6) is 0. The van der Waals surface area contributed by atoms with E-state index in [0.717, 1.165) is 0 Å². The van der Waals surface area contributed by atoms with E-state index in [4.69, 9.17) is 10.5 Å². The molecule has 0 heterocycles. The second-order valence-corrected chi connectivity index (χ2v) is 0.118. The van der Waals surface area contributed by atoms with Crippen LogP contribution in [0.15, 0.2) is 0 Å². The van der Waals surface area contributed by atoms with Gasteiger partial charge in [-0.25, -0.2) is 0 Å². The van der Waals surface area contributed by atoms with Gasteiger partial charge in [0.05, 0.1) is 0 Å². The number of nitrogens with one attached hydrogen (secondary N) is 1. The summed E-state index contributed by atoms with van der Waals surface area (Å²) in [7, 11) is 0. The Morgan fingerprint density at radius 3 is 0.833 bits per heavy atom. The number of carbonyl (C=O) groups excluding carboxylic acids is 1. The molecule has 3 heteroatoms. The van der Waals surface area contributed by atoms with E-state index in [2.05, 4.69) is 27.7 Å². The average Bonchev–Trinajstić information content (AvgIpc) is 2.18. The number of hydrogen-bond acceptors (Lipinski definition) is 1. The molecule has 0 saturated carbocycles. The average molecular weight is 339 g/mol. The van der Waals surface area contributed by atoms with Gasteiger partial charge in [0.2, 0.25) is 0 Å². The fourth-order valence-electron chi connectivity index (χ4n) is 0. The van der Waals surface area contributed by atoms with Crippen LogP contribution in [0, 0.1) is 27.7 Å². The molecule has 0 saturated heterocycles. The van der Waals surface area contributed by atoms with E-state index >= 15 is 0 Å². The molecule has 0 spiro atoms. The molecule has 0 bridgehead atoms. The van der Waals surface area contributed by atoms with E-state index < -0.39 is 0 Å². The zero-order valence-corrected chi connectivity index (χ0v) is 12.4. The quantitative estimate of drug-likeness (QED) is 0.378. The van der Waals surface area contributed by atoms with Crippen molar-refractivity contribution >= 4 is 6.41 Å². The minimum absolute atomic E-state index is 0. The standard InChI is InChI=1S/4C2H5.CH3NO.Hf/c4*1-2;2-1-3;/h4*1H2,2H3;1H,(H2,2,3);/q4*-1;;/p-1. The normalized spacial score (nSPS) is 3.00. The number of rotatable bonds is 0. The van der Waals surface area contributed by atoms with Crippen LogP contribution in [0.4, 0.5) is 0 Å². The molecule has 0 aliphatic rings. The molecule has 0 rings (SSSR count). The molecule has 0 fully saturated rings. The van der Waals surface area contributed by atoms with Gasteiger partial charge in [-0.3, -0.25) is 0 Å². The number of amides is 1. The van der Waals surface area contributed by atoms with Crippen LogP contribution in [-0.4, -0.2) is 6.41 Å². The fraction of sp³-hybridized carbons (Fsp3) is 0.444. The van der Waals surface area contributed by atoms with Crippen molar-refractivity contribution in [2.45, 2.75) is 27.7 Å². The van der Waals surface area contributed by atoms with E-state index in [-0.39, 0.29) is 32.3 Å². The van der Waals surface area contributed by atoms with Crippen molar-refractivity contribution in [3.05, 3.63) is 33.4 Å². The molecule has 0 aromatic heterocycles. The molecule has 0 aromatic rings. The maximum absolute atomic E-state index is 8.47. The van der Waals surface area contributed by atoms with Crippen LogP contribution in [0.25, 0.3) is 5.73 Å². The minimum atomic E-state index is 0. The molecule has 0 aliphatic carbocycles. The number of carbonyl (C=O) groups is 1. The van der Waals surface area contributed by atoms with Gasteiger partial charge in [-0.15, -0.1) is 0 Å². The molecule has 0 radical (unpaired) electrons. The Morgan fingerprint density at radius 1 is 0.833 bits per heavy atom. The minimum Gasteiger partial charge on any atom is -0.671 e. The first-order chi connectivity index (χ1) is 5.41. The maximum atomic E-state index is 8.47. The zero-order valence-electron chi connectivity index (χ0n) is 8.81. The molecule has 0 aliphatic heterocycles. The first-order valence-corrected chi connectivity index (χ1v) is 3.35. The van der Waals surface area contributed by atoms with Crippen LogP contribution >= 0.6 is 0 Å². The zero-order chi connectivity index (χ0) is 10.7. The van der Waals surface area contributed by atoms with Crippen molar-refractivity contribution in [2.75, 3.05) is 0 Å². The Bertz CT molecular complexity index is 22.0. The van der Waals surface area contributed by atoms with Crippen LogP contribution in [0.3, 0.4) is 0 Å². The molecule has 0 atom stereocenters.